The Morgan fingerprint density at radius 1 is 1.19 bits per heavy atom. The summed E-state index contributed by atoms with van der Waals surface area (Å²) in [6.45, 7) is 3.99. The van der Waals surface area contributed by atoms with E-state index in [9.17, 15) is 9.59 Å². The number of thiazole rings is 1. The number of rotatable bonds is 4. The van der Waals surface area contributed by atoms with Gasteiger partial charge >= 0.3 is 5.97 Å². The van der Waals surface area contributed by atoms with Crippen molar-refractivity contribution in [2.24, 2.45) is 4.99 Å². The normalized spacial score (nSPS) is 11.8. The molecule has 0 spiro atoms. The summed E-state index contributed by atoms with van der Waals surface area (Å²) in [4.78, 5) is 29.2. The molecule has 0 saturated heterocycles. The number of aromatic nitrogens is 1. The quantitative estimate of drug-likeness (QED) is 0.570. The van der Waals surface area contributed by atoms with Crippen LogP contribution in [-0.2, 0) is 27.3 Å². The van der Waals surface area contributed by atoms with Crippen molar-refractivity contribution in [2.45, 2.75) is 26.8 Å². The van der Waals surface area contributed by atoms with E-state index in [2.05, 4.69) is 20.9 Å². The Bertz CT molecular complexity index is 1100. The second-order valence-electron chi connectivity index (χ2n) is 6.27. The summed E-state index contributed by atoms with van der Waals surface area (Å²) in [5, 5.41) is 0. The highest BCUT2D eigenvalue weighted by atomic mass is 79.9. The summed E-state index contributed by atoms with van der Waals surface area (Å²) in [6, 6.07) is 11.8. The minimum absolute atomic E-state index is 0.00766. The van der Waals surface area contributed by atoms with Crippen molar-refractivity contribution >= 4 is 49.4 Å². The summed E-state index contributed by atoms with van der Waals surface area (Å²) in [5.41, 5.74) is 3.97. The van der Waals surface area contributed by atoms with Crippen LogP contribution in [0.1, 0.15) is 16.7 Å². The third-order valence-electron chi connectivity index (χ3n) is 4.23. The van der Waals surface area contributed by atoms with E-state index in [-0.39, 0.29) is 24.8 Å². The van der Waals surface area contributed by atoms with Crippen LogP contribution in [0, 0.1) is 13.8 Å². The lowest BCUT2D eigenvalue weighted by atomic mass is 10.0. The molecule has 3 rings (SSSR count). The molecule has 1 amide bonds. The van der Waals surface area contributed by atoms with Crippen molar-refractivity contribution in [3.63, 3.8) is 0 Å². The van der Waals surface area contributed by atoms with Crippen LogP contribution in [0.4, 0.5) is 0 Å². The predicted molar refractivity (Wildman–Crippen MR) is 110 cm³/mol. The number of aryl methyl sites for hydroxylation is 2. The molecule has 0 saturated carbocycles. The predicted octanol–water partition coefficient (Wildman–Crippen LogP) is 3.93. The molecule has 1 heterocycles. The van der Waals surface area contributed by atoms with E-state index in [0.29, 0.717) is 4.80 Å². The SMILES string of the molecule is COC(=O)Cn1c(=NC(=O)Cc2cc(C)ccc2C)sc2cc(Br)ccc21. The number of hydrogen-bond donors (Lipinski definition) is 0. The van der Waals surface area contributed by atoms with Crippen LogP contribution in [0.25, 0.3) is 10.2 Å². The molecule has 0 fully saturated rings. The second-order valence-corrected chi connectivity index (χ2v) is 8.20. The zero-order valence-corrected chi connectivity index (χ0v) is 17.7. The maximum Gasteiger partial charge on any atom is 0.325 e. The van der Waals surface area contributed by atoms with Gasteiger partial charge in [0.05, 0.1) is 23.7 Å². The van der Waals surface area contributed by atoms with Gasteiger partial charge in [-0.2, -0.15) is 4.99 Å². The Balaban J connectivity index is 2.03. The Morgan fingerprint density at radius 3 is 2.70 bits per heavy atom. The lowest BCUT2D eigenvalue weighted by Crippen LogP contribution is -2.22. The first-order valence-electron chi connectivity index (χ1n) is 8.37. The van der Waals surface area contributed by atoms with Crippen molar-refractivity contribution < 1.29 is 14.3 Å². The van der Waals surface area contributed by atoms with Crippen LogP contribution in [0.15, 0.2) is 45.9 Å². The fourth-order valence-electron chi connectivity index (χ4n) is 2.78. The number of nitrogens with zero attached hydrogens (tertiary/aromatic N) is 2. The number of amides is 1. The first-order valence-corrected chi connectivity index (χ1v) is 9.97. The number of fused-ring (bicyclic) bond motifs is 1. The summed E-state index contributed by atoms with van der Waals surface area (Å²) in [7, 11) is 1.34. The highest BCUT2D eigenvalue weighted by Gasteiger charge is 2.13. The molecule has 3 aromatic rings. The molecule has 2 aromatic carbocycles. The van der Waals surface area contributed by atoms with E-state index < -0.39 is 0 Å². The molecule has 5 nitrogen and oxygen atoms in total. The van der Waals surface area contributed by atoms with E-state index in [4.69, 9.17) is 4.74 Å². The molecule has 0 bridgehead atoms. The number of esters is 1. The number of carbonyl (C=O) groups excluding carboxylic acids is 2. The van der Waals surface area contributed by atoms with Gasteiger partial charge < -0.3 is 9.30 Å². The van der Waals surface area contributed by atoms with Crippen molar-refractivity contribution in [1.29, 1.82) is 0 Å². The molecule has 0 radical (unpaired) electrons. The van der Waals surface area contributed by atoms with E-state index in [1.807, 2.05) is 50.2 Å². The second kappa shape index (κ2) is 8.19. The zero-order chi connectivity index (χ0) is 19.6. The Labute approximate surface area is 169 Å². The molecule has 27 heavy (non-hydrogen) atoms. The van der Waals surface area contributed by atoms with Gasteiger partial charge in [0.2, 0.25) is 0 Å². The molecular formula is C20H19BrN2O3S. The fraction of sp³-hybridized carbons (Fsp3) is 0.250. The number of carbonyl (C=O) groups is 2. The maximum atomic E-state index is 12.6. The van der Waals surface area contributed by atoms with Gasteiger partial charge in [-0.3, -0.25) is 9.59 Å². The average molecular weight is 447 g/mol. The van der Waals surface area contributed by atoms with Gasteiger partial charge in [0, 0.05) is 4.47 Å². The number of halogens is 1. The summed E-state index contributed by atoms with van der Waals surface area (Å²) in [5.74, 6) is -0.631. The van der Waals surface area contributed by atoms with Crippen LogP contribution in [0.5, 0.6) is 0 Å². The Hall–Kier alpha value is -2.25. The van der Waals surface area contributed by atoms with Gasteiger partial charge in [-0.1, -0.05) is 51.0 Å². The molecule has 1 aromatic heterocycles. The summed E-state index contributed by atoms with van der Waals surface area (Å²) < 4.78 is 8.37. The molecule has 0 unspecified atom stereocenters. The number of benzene rings is 2. The molecule has 0 aliphatic rings. The van der Waals surface area contributed by atoms with E-state index >= 15 is 0 Å². The third kappa shape index (κ3) is 4.54. The lowest BCUT2D eigenvalue weighted by Gasteiger charge is -2.05. The summed E-state index contributed by atoms with van der Waals surface area (Å²) >= 11 is 4.82. The van der Waals surface area contributed by atoms with E-state index in [1.54, 1.807) is 4.57 Å². The third-order valence-corrected chi connectivity index (χ3v) is 5.76. The lowest BCUT2D eigenvalue weighted by molar-refractivity contribution is -0.141. The standard InChI is InChI=1S/C20H19BrN2O3S/c1-12-4-5-13(2)14(8-12)9-18(24)22-20-23(11-19(25)26-3)16-7-6-15(21)10-17(16)27-20/h4-8,10H,9,11H2,1-3H3. The largest absolute Gasteiger partial charge is 0.468 e. The van der Waals surface area contributed by atoms with Gasteiger partial charge in [0.15, 0.2) is 4.80 Å². The minimum atomic E-state index is -0.388. The monoisotopic (exact) mass is 446 g/mol. The molecular weight excluding hydrogens is 428 g/mol. The fourth-order valence-corrected chi connectivity index (χ4v) is 4.38. The number of methoxy groups -OCH3 is 1. The molecule has 0 atom stereocenters. The zero-order valence-electron chi connectivity index (χ0n) is 15.3. The van der Waals surface area contributed by atoms with Gasteiger partial charge in [0.25, 0.3) is 5.91 Å². The minimum Gasteiger partial charge on any atom is -0.468 e. The van der Waals surface area contributed by atoms with Crippen molar-refractivity contribution in [1.82, 2.24) is 4.57 Å². The van der Waals surface area contributed by atoms with Crippen molar-refractivity contribution in [3.8, 4) is 0 Å². The molecule has 7 heteroatoms. The van der Waals surface area contributed by atoms with E-state index in [0.717, 1.165) is 31.4 Å². The molecule has 0 aliphatic carbocycles. The smallest absolute Gasteiger partial charge is 0.325 e. The van der Waals surface area contributed by atoms with Crippen LogP contribution >= 0.6 is 27.3 Å². The van der Waals surface area contributed by atoms with Gasteiger partial charge in [-0.25, -0.2) is 0 Å². The van der Waals surface area contributed by atoms with Crippen molar-refractivity contribution in [3.05, 3.63) is 62.4 Å². The molecule has 140 valence electrons. The van der Waals surface area contributed by atoms with E-state index in [1.165, 1.54) is 18.4 Å². The molecule has 0 aliphatic heterocycles. The Morgan fingerprint density at radius 2 is 1.96 bits per heavy atom. The van der Waals surface area contributed by atoms with Crippen LogP contribution in [0.3, 0.4) is 0 Å². The van der Waals surface area contributed by atoms with Crippen LogP contribution in [0.2, 0.25) is 0 Å². The highest BCUT2D eigenvalue weighted by Crippen LogP contribution is 2.22. The first-order chi connectivity index (χ1) is 12.9. The topological polar surface area (TPSA) is 60.7 Å². The van der Waals surface area contributed by atoms with Gasteiger partial charge in [-0.15, -0.1) is 0 Å². The van der Waals surface area contributed by atoms with Gasteiger partial charge in [0.1, 0.15) is 6.54 Å². The number of hydrogen-bond acceptors (Lipinski definition) is 4. The summed E-state index contributed by atoms with van der Waals surface area (Å²) in [6.07, 6.45) is 0.226. The van der Waals surface area contributed by atoms with Crippen LogP contribution in [-0.4, -0.2) is 23.6 Å². The Kier molecular flexibility index (Phi) is 5.92. The first kappa shape index (κ1) is 19.5. The molecule has 0 N–H and O–H groups in total. The van der Waals surface area contributed by atoms with Crippen LogP contribution < -0.4 is 4.80 Å². The van der Waals surface area contributed by atoms with Crippen molar-refractivity contribution in [2.75, 3.05) is 7.11 Å². The maximum absolute atomic E-state index is 12.6. The highest BCUT2D eigenvalue weighted by molar-refractivity contribution is 9.10. The average Bonchev–Trinajstić information content (AvgIpc) is 2.94. The van der Waals surface area contributed by atoms with Gasteiger partial charge in [-0.05, 0) is 43.2 Å². The number of ether oxygens (including phenoxy) is 1.